The smallest absolute Gasteiger partial charge is 0.413 e. The van der Waals surface area contributed by atoms with Crippen molar-refractivity contribution in [3.63, 3.8) is 0 Å². The monoisotopic (exact) mass is 547 g/mol. The summed E-state index contributed by atoms with van der Waals surface area (Å²) in [6.45, 7) is 9.57. The van der Waals surface area contributed by atoms with Crippen molar-refractivity contribution < 1.29 is 32.6 Å². The Morgan fingerprint density at radius 2 is 1.72 bits per heavy atom. The Kier molecular flexibility index (Phi) is 7.29. The summed E-state index contributed by atoms with van der Waals surface area (Å²) >= 11 is 0. The third kappa shape index (κ3) is 5.51. The molecule has 1 saturated heterocycles. The second kappa shape index (κ2) is 9.95. The first-order valence-electron chi connectivity index (χ1n) is 13.0. The third-order valence-electron chi connectivity index (χ3n) is 8.01. The molecule has 1 heterocycles. The molecule has 0 bridgehead atoms. The van der Waals surface area contributed by atoms with E-state index in [0.29, 0.717) is 10.6 Å². The minimum absolute atomic E-state index is 0.0698. The molecule has 0 spiro atoms. The molecule has 0 radical (unpaired) electrons. The van der Waals surface area contributed by atoms with Crippen LogP contribution in [0.5, 0.6) is 0 Å². The molecule has 3 unspecified atom stereocenters. The van der Waals surface area contributed by atoms with E-state index in [2.05, 4.69) is 31.3 Å². The summed E-state index contributed by atoms with van der Waals surface area (Å²) in [5, 5.41) is 12.8. The Hall–Kier alpha value is -3.43. The number of fused-ring (bicyclic) bond motifs is 1. The summed E-state index contributed by atoms with van der Waals surface area (Å²) in [7, 11) is 1.05. The lowest BCUT2D eigenvalue weighted by Crippen LogP contribution is -2.68. The zero-order valence-corrected chi connectivity index (χ0v) is 23.0. The number of alkyl halides is 3. The number of benzene rings is 2. The molecule has 212 valence electrons. The van der Waals surface area contributed by atoms with Crippen LogP contribution in [-0.4, -0.2) is 65.0 Å². The summed E-state index contributed by atoms with van der Waals surface area (Å²) in [4.78, 5) is 26.0. The topological polar surface area (TPSA) is 82.1 Å². The van der Waals surface area contributed by atoms with E-state index in [0.717, 1.165) is 18.4 Å². The highest BCUT2D eigenvalue weighted by atomic mass is 19.4. The van der Waals surface area contributed by atoms with Crippen LogP contribution in [0.15, 0.2) is 48.5 Å². The fraction of sp³-hybridized carbons (Fsp3) is 0.517. The van der Waals surface area contributed by atoms with Gasteiger partial charge in [0.05, 0.1) is 12.6 Å². The van der Waals surface area contributed by atoms with Gasteiger partial charge in [0.25, 0.3) is 0 Å². The lowest BCUT2D eigenvalue weighted by Gasteiger charge is -2.51. The molecule has 2 aromatic rings. The first-order chi connectivity index (χ1) is 18.0. The van der Waals surface area contributed by atoms with E-state index < -0.39 is 42.0 Å². The van der Waals surface area contributed by atoms with Gasteiger partial charge in [-0.05, 0) is 40.7 Å². The van der Waals surface area contributed by atoms with Crippen LogP contribution in [0.4, 0.5) is 28.4 Å². The Bertz CT molecular complexity index is 1220. The summed E-state index contributed by atoms with van der Waals surface area (Å²) in [5.41, 5.74) is 2.36. The molecular formula is C29H36F3N3O4. The Balaban J connectivity index is 1.48. The quantitative estimate of drug-likeness (QED) is 0.450. The molecule has 0 saturated carbocycles. The number of amides is 2. The number of hydrogen-bond donors (Lipinski definition) is 2. The van der Waals surface area contributed by atoms with E-state index in [4.69, 9.17) is 4.74 Å². The SMILES string of the molecule is CN(C(=O)OC1CN(C(=O)O)C1C(C)(C)C)[C@@H](c1ccc(NC2Cc3ccccc3C2(C)C)cc1)C(F)(F)F. The van der Waals surface area contributed by atoms with E-state index >= 15 is 0 Å². The number of anilines is 1. The normalized spacial score (nSPS) is 22.9. The van der Waals surface area contributed by atoms with Crippen LogP contribution in [0.1, 0.15) is 57.4 Å². The molecule has 1 fully saturated rings. The van der Waals surface area contributed by atoms with Gasteiger partial charge in [0.1, 0.15) is 6.10 Å². The Labute approximate surface area is 226 Å². The number of carbonyl (C=O) groups is 2. The van der Waals surface area contributed by atoms with Crippen molar-refractivity contribution >= 4 is 17.9 Å². The van der Waals surface area contributed by atoms with Crippen molar-refractivity contribution in [1.82, 2.24) is 9.80 Å². The van der Waals surface area contributed by atoms with E-state index in [1.807, 2.05) is 12.1 Å². The van der Waals surface area contributed by atoms with Gasteiger partial charge in [-0.25, -0.2) is 9.59 Å². The average Bonchev–Trinajstić information content (AvgIpc) is 3.04. The van der Waals surface area contributed by atoms with E-state index in [9.17, 15) is 27.9 Å². The van der Waals surface area contributed by atoms with Gasteiger partial charge in [0, 0.05) is 24.2 Å². The molecule has 39 heavy (non-hydrogen) atoms. The molecule has 1 aliphatic heterocycles. The highest BCUT2D eigenvalue weighted by Gasteiger charge is 2.52. The van der Waals surface area contributed by atoms with Crippen LogP contribution < -0.4 is 5.32 Å². The lowest BCUT2D eigenvalue weighted by molar-refractivity contribution is -0.182. The predicted octanol–water partition coefficient (Wildman–Crippen LogP) is 6.45. The predicted molar refractivity (Wildman–Crippen MR) is 142 cm³/mol. The van der Waals surface area contributed by atoms with Gasteiger partial charge >= 0.3 is 18.4 Å². The first kappa shape index (κ1) is 28.6. The second-order valence-corrected chi connectivity index (χ2v) is 12.1. The van der Waals surface area contributed by atoms with Crippen molar-refractivity contribution in [2.24, 2.45) is 5.41 Å². The van der Waals surface area contributed by atoms with Crippen LogP contribution >= 0.6 is 0 Å². The molecule has 4 rings (SSSR count). The van der Waals surface area contributed by atoms with Crippen molar-refractivity contribution in [3.8, 4) is 0 Å². The number of hydrogen-bond acceptors (Lipinski definition) is 4. The molecule has 4 atom stereocenters. The number of rotatable bonds is 5. The van der Waals surface area contributed by atoms with Crippen molar-refractivity contribution in [2.75, 3.05) is 18.9 Å². The van der Waals surface area contributed by atoms with Crippen molar-refractivity contribution in [2.45, 2.75) is 76.9 Å². The largest absolute Gasteiger partial charge is 0.465 e. The molecule has 2 N–H and O–H groups in total. The van der Waals surface area contributed by atoms with Gasteiger partial charge in [0.2, 0.25) is 0 Å². The number of nitrogens with one attached hydrogen (secondary N) is 1. The third-order valence-corrected chi connectivity index (χ3v) is 8.01. The lowest BCUT2D eigenvalue weighted by atomic mass is 9.77. The highest BCUT2D eigenvalue weighted by molar-refractivity contribution is 5.70. The summed E-state index contributed by atoms with van der Waals surface area (Å²) in [5.74, 6) is 0. The van der Waals surface area contributed by atoms with E-state index in [1.165, 1.54) is 23.3 Å². The first-order valence-corrected chi connectivity index (χ1v) is 13.0. The van der Waals surface area contributed by atoms with Gasteiger partial charge in [-0.15, -0.1) is 0 Å². The Morgan fingerprint density at radius 1 is 1.10 bits per heavy atom. The minimum atomic E-state index is -4.76. The summed E-state index contributed by atoms with van der Waals surface area (Å²) < 4.78 is 48.0. The van der Waals surface area contributed by atoms with Crippen LogP contribution in [-0.2, 0) is 16.6 Å². The molecular weight excluding hydrogens is 511 g/mol. The fourth-order valence-corrected chi connectivity index (χ4v) is 5.93. The van der Waals surface area contributed by atoms with Crippen molar-refractivity contribution in [1.29, 1.82) is 0 Å². The van der Waals surface area contributed by atoms with Gasteiger partial charge < -0.3 is 15.2 Å². The number of halogens is 3. The van der Waals surface area contributed by atoms with Crippen LogP contribution in [0, 0.1) is 5.41 Å². The highest BCUT2D eigenvalue weighted by Crippen LogP contribution is 2.42. The molecule has 2 aliphatic rings. The number of likely N-dealkylation sites (tertiary alicyclic amines) is 1. The van der Waals surface area contributed by atoms with Gasteiger partial charge in [-0.2, -0.15) is 13.2 Å². The van der Waals surface area contributed by atoms with Crippen LogP contribution in [0.25, 0.3) is 0 Å². The second-order valence-electron chi connectivity index (χ2n) is 12.1. The molecule has 10 heteroatoms. The maximum atomic E-state index is 14.2. The fourth-order valence-electron chi connectivity index (χ4n) is 5.93. The average molecular weight is 548 g/mol. The Morgan fingerprint density at radius 3 is 2.26 bits per heavy atom. The molecule has 1 aliphatic carbocycles. The van der Waals surface area contributed by atoms with Crippen LogP contribution in [0.2, 0.25) is 0 Å². The molecule has 7 nitrogen and oxygen atoms in total. The standard InChI is InChI=1S/C29H36F3N3O4/c1-27(2,3)24-21(16-35(24)25(36)37)39-26(38)34(6)23(29(30,31)32)17-11-13-19(14-12-17)33-22-15-18-9-7-8-10-20(18)28(22,4)5/h7-14,21-24,33H,15-16H2,1-6H3,(H,36,37)/t21?,22?,23-,24?/m0/s1. The minimum Gasteiger partial charge on any atom is -0.465 e. The van der Waals surface area contributed by atoms with Gasteiger partial charge in [0.15, 0.2) is 6.04 Å². The van der Waals surface area contributed by atoms with Gasteiger partial charge in [-0.3, -0.25) is 9.80 Å². The zero-order valence-electron chi connectivity index (χ0n) is 23.0. The summed E-state index contributed by atoms with van der Waals surface area (Å²) in [6, 6.07) is 11.3. The van der Waals surface area contributed by atoms with E-state index in [-0.39, 0.29) is 23.6 Å². The molecule has 2 aromatic carbocycles. The van der Waals surface area contributed by atoms with Gasteiger partial charge in [-0.1, -0.05) is 71.0 Å². The maximum absolute atomic E-state index is 14.2. The number of nitrogens with zero attached hydrogens (tertiary/aromatic N) is 2. The number of carboxylic acid groups (broad SMARTS) is 1. The van der Waals surface area contributed by atoms with E-state index in [1.54, 1.807) is 32.9 Å². The maximum Gasteiger partial charge on any atom is 0.413 e. The molecule has 2 amide bonds. The summed E-state index contributed by atoms with van der Waals surface area (Å²) in [6.07, 6.45) is -7.11. The number of carbonyl (C=O) groups excluding carboxylic acids is 1. The zero-order chi connectivity index (χ0) is 28.9. The van der Waals surface area contributed by atoms with Crippen molar-refractivity contribution in [3.05, 3.63) is 65.2 Å². The van der Waals surface area contributed by atoms with Crippen LogP contribution in [0.3, 0.4) is 0 Å². The molecule has 0 aromatic heterocycles. The number of ether oxygens (including phenoxy) is 1.